The quantitative estimate of drug-likeness (QED) is 0.592. The van der Waals surface area contributed by atoms with Crippen LogP contribution >= 0.6 is 11.3 Å². The minimum Gasteiger partial charge on any atom is -0.493 e. The lowest BCUT2D eigenvalue weighted by molar-refractivity contribution is -0.115. The molecule has 7 nitrogen and oxygen atoms in total. The molecule has 0 aliphatic heterocycles. The van der Waals surface area contributed by atoms with E-state index in [-0.39, 0.29) is 18.2 Å². The highest BCUT2D eigenvalue weighted by Crippen LogP contribution is 2.28. The molecule has 3 aromatic rings. The van der Waals surface area contributed by atoms with Crippen molar-refractivity contribution in [3.63, 3.8) is 0 Å². The zero-order valence-electron chi connectivity index (χ0n) is 17.2. The number of rotatable bonds is 7. The number of thiazole rings is 1. The highest BCUT2D eigenvalue weighted by atomic mass is 32.1. The first-order valence-electron chi connectivity index (χ1n) is 9.24. The first kappa shape index (κ1) is 21.3. The Morgan fingerprint density at radius 1 is 0.967 bits per heavy atom. The number of methoxy groups -OCH3 is 2. The van der Waals surface area contributed by atoms with Crippen molar-refractivity contribution in [3.05, 3.63) is 64.2 Å². The summed E-state index contributed by atoms with van der Waals surface area (Å²) in [5.41, 5.74) is 3.93. The molecule has 0 atom stereocenters. The number of aromatic nitrogens is 1. The highest BCUT2D eigenvalue weighted by Gasteiger charge is 2.14. The van der Waals surface area contributed by atoms with Gasteiger partial charge in [0.1, 0.15) is 0 Å². The summed E-state index contributed by atoms with van der Waals surface area (Å²) in [4.78, 5) is 29.2. The van der Waals surface area contributed by atoms with Crippen LogP contribution in [0.4, 0.5) is 10.8 Å². The highest BCUT2D eigenvalue weighted by molar-refractivity contribution is 7.14. The summed E-state index contributed by atoms with van der Waals surface area (Å²) >= 11 is 1.26. The monoisotopic (exact) mass is 425 g/mol. The van der Waals surface area contributed by atoms with E-state index in [0.29, 0.717) is 27.9 Å². The molecule has 0 saturated carbocycles. The Morgan fingerprint density at radius 2 is 1.67 bits per heavy atom. The van der Waals surface area contributed by atoms with Crippen molar-refractivity contribution in [1.82, 2.24) is 4.98 Å². The molecule has 2 aromatic carbocycles. The molecule has 156 valence electrons. The van der Waals surface area contributed by atoms with Gasteiger partial charge < -0.3 is 14.8 Å². The first-order chi connectivity index (χ1) is 14.4. The largest absolute Gasteiger partial charge is 0.493 e. The second-order valence-corrected chi connectivity index (χ2v) is 7.63. The number of amides is 2. The Balaban J connectivity index is 1.62. The van der Waals surface area contributed by atoms with Crippen LogP contribution in [-0.4, -0.2) is 31.0 Å². The van der Waals surface area contributed by atoms with Crippen LogP contribution in [-0.2, 0) is 11.2 Å². The lowest BCUT2D eigenvalue weighted by atomic mass is 10.1. The SMILES string of the molecule is COc1ccc(C(=O)Nc2nc(CC(=O)Nc3cc(C)cc(C)c3)cs2)cc1OC. The Kier molecular flexibility index (Phi) is 6.68. The van der Waals surface area contributed by atoms with Crippen LogP contribution in [0.1, 0.15) is 27.2 Å². The van der Waals surface area contributed by atoms with Crippen molar-refractivity contribution < 1.29 is 19.1 Å². The normalized spacial score (nSPS) is 10.4. The van der Waals surface area contributed by atoms with Crippen molar-refractivity contribution in [2.75, 3.05) is 24.9 Å². The molecule has 8 heteroatoms. The molecular formula is C22H23N3O4S. The number of nitrogens with zero attached hydrogens (tertiary/aromatic N) is 1. The topological polar surface area (TPSA) is 89.5 Å². The van der Waals surface area contributed by atoms with Crippen LogP contribution in [0.15, 0.2) is 41.8 Å². The van der Waals surface area contributed by atoms with Crippen LogP contribution in [0, 0.1) is 13.8 Å². The zero-order chi connectivity index (χ0) is 21.7. The lowest BCUT2D eigenvalue weighted by Crippen LogP contribution is -2.15. The summed E-state index contributed by atoms with van der Waals surface area (Å²) in [7, 11) is 3.04. The number of carbonyl (C=O) groups excluding carboxylic acids is 2. The summed E-state index contributed by atoms with van der Waals surface area (Å²) in [5.74, 6) is 0.521. The van der Waals surface area contributed by atoms with E-state index in [1.807, 2.05) is 32.0 Å². The minimum atomic E-state index is -0.323. The van der Waals surface area contributed by atoms with E-state index >= 15 is 0 Å². The molecule has 2 N–H and O–H groups in total. The van der Waals surface area contributed by atoms with E-state index < -0.39 is 0 Å². The van der Waals surface area contributed by atoms with Crippen molar-refractivity contribution in [1.29, 1.82) is 0 Å². The second kappa shape index (κ2) is 9.41. The van der Waals surface area contributed by atoms with Crippen molar-refractivity contribution in [3.8, 4) is 11.5 Å². The zero-order valence-corrected chi connectivity index (χ0v) is 18.1. The summed E-state index contributed by atoms with van der Waals surface area (Å²) in [6, 6.07) is 10.8. The summed E-state index contributed by atoms with van der Waals surface area (Å²) in [6.45, 7) is 3.97. The second-order valence-electron chi connectivity index (χ2n) is 6.77. The number of aryl methyl sites for hydroxylation is 2. The average molecular weight is 426 g/mol. The fourth-order valence-electron chi connectivity index (χ4n) is 3.01. The van der Waals surface area contributed by atoms with Gasteiger partial charge in [-0.25, -0.2) is 4.98 Å². The molecule has 1 aromatic heterocycles. The average Bonchev–Trinajstić information content (AvgIpc) is 3.12. The fraction of sp³-hybridized carbons (Fsp3) is 0.227. The van der Waals surface area contributed by atoms with Gasteiger partial charge >= 0.3 is 0 Å². The van der Waals surface area contributed by atoms with Gasteiger partial charge in [-0.15, -0.1) is 11.3 Å². The van der Waals surface area contributed by atoms with Gasteiger partial charge in [-0.1, -0.05) is 6.07 Å². The number of benzene rings is 2. The van der Waals surface area contributed by atoms with Crippen molar-refractivity contribution in [2.45, 2.75) is 20.3 Å². The third kappa shape index (κ3) is 5.36. The number of carbonyl (C=O) groups is 2. The Hall–Kier alpha value is -3.39. The third-order valence-corrected chi connectivity index (χ3v) is 5.07. The molecule has 0 unspecified atom stereocenters. The number of hydrogen-bond donors (Lipinski definition) is 2. The Labute approximate surface area is 179 Å². The maximum atomic E-state index is 12.5. The molecule has 0 aliphatic carbocycles. The number of ether oxygens (including phenoxy) is 2. The number of anilines is 2. The maximum Gasteiger partial charge on any atom is 0.257 e. The summed E-state index contributed by atoms with van der Waals surface area (Å²) < 4.78 is 10.4. The van der Waals surface area contributed by atoms with E-state index in [9.17, 15) is 9.59 Å². The van der Waals surface area contributed by atoms with Gasteiger partial charge in [0.15, 0.2) is 16.6 Å². The number of nitrogens with one attached hydrogen (secondary N) is 2. The van der Waals surface area contributed by atoms with Gasteiger partial charge in [0, 0.05) is 16.6 Å². The molecule has 30 heavy (non-hydrogen) atoms. The van der Waals surface area contributed by atoms with Gasteiger partial charge in [0.2, 0.25) is 5.91 Å². The molecule has 1 heterocycles. The van der Waals surface area contributed by atoms with Crippen molar-refractivity contribution >= 4 is 34.0 Å². The van der Waals surface area contributed by atoms with Crippen LogP contribution in [0.25, 0.3) is 0 Å². The third-order valence-electron chi connectivity index (χ3n) is 4.27. The van der Waals surface area contributed by atoms with Crippen LogP contribution in [0.5, 0.6) is 11.5 Å². The fourth-order valence-corrected chi connectivity index (χ4v) is 3.71. The van der Waals surface area contributed by atoms with Gasteiger partial charge in [-0.2, -0.15) is 0 Å². The van der Waals surface area contributed by atoms with Gasteiger partial charge in [0.05, 0.1) is 26.3 Å². The molecule has 0 radical (unpaired) electrons. The van der Waals surface area contributed by atoms with Crippen LogP contribution in [0.2, 0.25) is 0 Å². The molecule has 0 spiro atoms. The molecular weight excluding hydrogens is 402 g/mol. The summed E-state index contributed by atoms with van der Waals surface area (Å²) in [6.07, 6.45) is 0.121. The summed E-state index contributed by atoms with van der Waals surface area (Å²) in [5, 5.41) is 7.81. The standard InChI is InChI=1S/C22H23N3O4S/c1-13-7-14(2)9-16(8-13)23-20(26)11-17-12-30-22(24-17)25-21(27)15-5-6-18(28-3)19(10-15)29-4/h5-10,12H,11H2,1-4H3,(H,23,26)(H,24,25,27). The van der Waals surface area contributed by atoms with Gasteiger partial charge in [-0.3, -0.25) is 14.9 Å². The maximum absolute atomic E-state index is 12.5. The first-order valence-corrected chi connectivity index (χ1v) is 10.1. The molecule has 0 fully saturated rings. The smallest absolute Gasteiger partial charge is 0.257 e. The van der Waals surface area contributed by atoms with E-state index in [1.54, 1.807) is 23.6 Å². The van der Waals surface area contributed by atoms with E-state index in [4.69, 9.17) is 9.47 Å². The molecule has 0 aliphatic rings. The predicted molar refractivity (Wildman–Crippen MR) is 118 cm³/mol. The molecule has 2 amide bonds. The predicted octanol–water partition coefficient (Wildman–Crippen LogP) is 4.21. The molecule has 0 bridgehead atoms. The van der Waals surface area contributed by atoms with Crippen molar-refractivity contribution in [2.24, 2.45) is 0 Å². The van der Waals surface area contributed by atoms with E-state index in [2.05, 4.69) is 15.6 Å². The van der Waals surface area contributed by atoms with Crippen LogP contribution in [0.3, 0.4) is 0 Å². The van der Waals surface area contributed by atoms with Gasteiger partial charge in [0.25, 0.3) is 5.91 Å². The number of hydrogen-bond acceptors (Lipinski definition) is 6. The lowest BCUT2D eigenvalue weighted by Gasteiger charge is -2.09. The Morgan fingerprint density at radius 3 is 2.33 bits per heavy atom. The molecule has 0 saturated heterocycles. The van der Waals surface area contributed by atoms with Crippen LogP contribution < -0.4 is 20.1 Å². The minimum absolute atomic E-state index is 0.121. The molecule has 3 rings (SSSR count). The van der Waals surface area contributed by atoms with E-state index in [0.717, 1.165) is 16.8 Å². The van der Waals surface area contributed by atoms with E-state index in [1.165, 1.54) is 25.6 Å². The Bertz CT molecular complexity index is 1060. The van der Waals surface area contributed by atoms with Gasteiger partial charge in [-0.05, 0) is 55.3 Å².